The van der Waals surface area contributed by atoms with Crippen LogP contribution in [0.4, 0.5) is 0 Å². The highest BCUT2D eigenvalue weighted by atomic mass is 16.5. The minimum Gasteiger partial charge on any atom is -0.468 e. The summed E-state index contributed by atoms with van der Waals surface area (Å²) in [5.41, 5.74) is 3.86. The predicted octanol–water partition coefficient (Wildman–Crippen LogP) is 0.917. The molecular formula is C13H18N2O3. The number of esters is 1. The lowest BCUT2D eigenvalue weighted by molar-refractivity contribution is -0.151. The Morgan fingerprint density at radius 1 is 1.28 bits per heavy atom. The first kappa shape index (κ1) is 12.7. The highest BCUT2D eigenvalue weighted by Crippen LogP contribution is 2.31. The van der Waals surface area contributed by atoms with E-state index in [0.29, 0.717) is 6.04 Å². The molecule has 0 atom stereocenters. The number of nitrogens with zero attached hydrogens (tertiary/aromatic N) is 1. The number of rotatable bonds is 3. The second-order valence-corrected chi connectivity index (χ2v) is 4.74. The van der Waals surface area contributed by atoms with Crippen LogP contribution in [0, 0.1) is 5.41 Å². The summed E-state index contributed by atoms with van der Waals surface area (Å²) in [6.07, 6.45) is 11.3. The fourth-order valence-electron chi connectivity index (χ4n) is 2.53. The van der Waals surface area contributed by atoms with Crippen LogP contribution in [0.5, 0.6) is 0 Å². The molecule has 5 nitrogen and oxygen atoms in total. The minimum atomic E-state index is -1.45. The van der Waals surface area contributed by atoms with E-state index in [0.717, 1.165) is 12.8 Å². The van der Waals surface area contributed by atoms with Gasteiger partial charge in [0, 0.05) is 18.4 Å². The Balaban J connectivity index is 2.18. The summed E-state index contributed by atoms with van der Waals surface area (Å²) in [6.45, 7) is 0. The number of hydrogen-bond donors (Lipinski definition) is 1. The van der Waals surface area contributed by atoms with E-state index >= 15 is 0 Å². The molecule has 98 valence electrons. The zero-order valence-electron chi connectivity index (χ0n) is 10.5. The Hall–Kier alpha value is -1.78. The van der Waals surface area contributed by atoms with Crippen LogP contribution in [0.3, 0.4) is 0 Å². The molecule has 1 heterocycles. The van der Waals surface area contributed by atoms with Crippen LogP contribution in [0.25, 0.3) is 0 Å². The molecule has 0 radical (unpaired) electrons. The van der Waals surface area contributed by atoms with Crippen molar-refractivity contribution in [2.75, 3.05) is 7.11 Å². The van der Waals surface area contributed by atoms with Gasteiger partial charge in [-0.15, -0.1) is 0 Å². The molecule has 2 rings (SSSR count). The van der Waals surface area contributed by atoms with E-state index < -0.39 is 17.3 Å². The second-order valence-electron chi connectivity index (χ2n) is 4.74. The summed E-state index contributed by atoms with van der Waals surface area (Å²) in [4.78, 5) is 25.3. The SMILES string of the molecule is COC(=O)C1(C(N)=O)C=CN(C2CCCC2)C=C1. The first-order valence-electron chi connectivity index (χ1n) is 6.14. The lowest BCUT2D eigenvalue weighted by Crippen LogP contribution is -2.44. The highest BCUT2D eigenvalue weighted by molar-refractivity contribution is 6.06. The van der Waals surface area contributed by atoms with Gasteiger partial charge in [0.15, 0.2) is 5.41 Å². The van der Waals surface area contributed by atoms with Gasteiger partial charge in [-0.3, -0.25) is 9.59 Å². The molecule has 1 saturated carbocycles. The van der Waals surface area contributed by atoms with Crippen molar-refractivity contribution < 1.29 is 14.3 Å². The summed E-state index contributed by atoms with van der Waals surface area (Å²) in [7, 11) is 1.25. The zero-order valence-corrected chi connectivity index (χ0v) is 10.5. The van der Waals surface area contributed by atoms with Crippen molar-refractivity contribution in [3.8, 4) is 0 Å². The Morgan fingerprint density at radius 2 is 1.83 bits per heavy atom. The molecule has 2 N–H and O–H groups in total. The number of ether oxygens (including phenoxy) is 1. The normalized spacial score (nSPS) is 22.2. The van der Waals surface area contributed by atoms with Crippen molar-refractivity contribution in [2.24, 2.45) is 11.1 Å². The van der Waals surface area contributed by atoms with Gasteiger partial charge in [0.05, 0.1) is 7.11 Å². The number of carbonyl (C=O) groups is 2. The molecule has 1 aliphatic heterocycles. The number of methoxy groups -OCH3 is 1. The Kier molecular flexibility index (Phi) is 3.41. The summed E-state index contributed by atoms with van der Waals surface area (Å²) in [5.74, 6) is -1.36. The maximum absolute atomic E-state index is 11.7. The largest absolute Gasteiger partial charge is 0.468 e. The number of carbonyl (C=O) groups excluding carboxylic acids is 2. The van der Waals surface area contributed by atoms with Crippen molar-refractivity contribution in [2.45, 2.75) is 31.7 Å². The zero-order chi connectivity index (χ0) is 13.2. The van der Waals surface area contributed by atoms with Gasteiger partial charge in [-0.25, -0.2) is 0 Å². The fraction of sp³-hybridized carbons (Fsp3) is 0.538. The van der Waals surface area contributed by atoms with Gasteiger partial charge in [0.1, 0.15) is 0 Å². The lowest BCUT2D eigenvalue weighted by atomic mass is 9.85. The molecule has 0 aromatic rings. The summed E-state index contributed by atoms with van der Waals surface area (Å²) >= 11 is 0. The number of primary amides is 1. The van der Waals surface area contributed by atoms with Gasteiger partial charge < -0.3 is 15.4 Å². The summed E-state index contributed by atoms with van der Waals surface area (Å²) in [5, 5.41) is 0. The van der Waals surface area contributed by atoms with Crippen LogP contribution in [0.1, 0.15) is 25.7 Å². The molecule has 0 spiro atoms. The van der Waals surface area contributed by atoms with Gasteiger partial charge >= 0.3 is 5.97 Å². The van der Waals surface area contributed by atoms with Crippen LogP contribution >= 0.6 is 0 Å². The van der Waals surface area contributed by atoms with E-state index in [4.69, 9.17) is 5.73 Å². The highest BCUT2D eigenvalue weighted by Gasteiger charge is 2.43. The number of amides is 1. The van der Waals surface area contributed by atoms with E-state index in [9.17, 15) is 9.59 Å². The molecule has 18 heavy (non-hydrogen) atoms. The predicted molar refractivity (Wildman–Crippen MR) is 66.0 cm³/mol. The number of nitrogens with two attached hydrogens (primary N) is 1. The fourth-order valence-corrected chi connectivity index (χ4v) is 2.53. The van der Waals surface area contributed by atoms with Gasteiger partial charge in [0.2, 0.25) is 5.91 Å². The minimum absolute atomic E-state index is 0.459. The van der Waals surface area contributed by atoms with Gasteiger partial charge in [-0.05, 0) is 25.0 Å². The lowest BCUT2D eigenvalue weighted by Gasteiger charge is -2.31. The monoisotopic (exact) mass is 250 g/mol. The third-order valence-corrected chi connectivity index (χ3v) is 3.70. The van der Waals surface area contributed by atoms with Crippen molar-refractivity contribution in [3.05, 3.63) is 24.6 Å². The van der Waals surface area contributed by atoms with Gasteiger partial charge in [-0.2, -0.15) is 0 Å². The molecule has 1 fully saturated rings. The van der Waals surface area contributed by atoms with E-state index in [2.05, 4.69) is 4.74 Å². The smallest absolute Gasteiger partial charge is 0.329 e. The number of hydrogen-bond acceptors (Lipinski definition) is 4. The molecule has 1 aliphatic carbocycles. The third kappa shape index (κ3) is 2.00. The molecule has 0 aromatic heterocycles. The summed E-state index contributed by atoms with van der Waals surface area (Å²) in [6, 6.07) is 0.459. The van der Waals surface area contributed by atoms with Crippen LogP contribution in [-0.4, -0.2) is 29.9 Å². The Bertz CT molecular complexity index is 394. The maximum Gasteiger partial charge on any atom is 0.329 e. The molecule has 0 unspecified atom stereocenters. The van der Waals surface area contributed by atoms with Crippen LogP contribution in [0.15, 0.2) is 24.6 Å². The Labute approximate surface area is 106 Å². The van der Waals surface area contributed by atoms with Crippen molar-refractivity contribution in [3.63, 3.8) is 0 Å². The average molecular weight is 250 g/mol. The maximum atomic E-state index is 11.7. The summed E-state index contributed by atoms with van der Waals surface area (Å²) < 4.78 is 4.65. The quantitative estimate of drug-likeness (QED) is 0.597. The molecule has 2 aliphatic rings. The molecule has 0 bridgehead atoms. The molecule has 1 amide bonds. The van der Waals surface area contributed by atoms with Crippen LogP contribution < -0.4 is 5.73 Å². The van der Waals surface area contributed by atoms with Crippen LogP contribution in [-0.2, 0) is 14.3 Å². The van der Waals surface area contributed by atoms with Crippen molar-refractivity contribution in [1.29, 1.82) is 0 Å². The van der Waals surface area contributed by atoms with E-state index in [1.807, 2.05) is 4.90 Å². The molecule has 5 heteroatoms. The second kappa shape index (κ2) is 4.84. The van der Waals surface area contributed by atoms with Crippen LogP contribution in [0.2, 0.25) is 0 Å². The van der Waals surface area contributed by atoms with Crippen molar-refractivity contribution in [1.82, 2.24) is 4.90 Å². The molecule has 0 saturated heterocycles. The molecule has 0 aromatic carbocycles. The average Bonchev–Trinajstić information content (AvgIpc) is 2.91. The van der Waals surface area contributed by atoms with Crippen molar-refractivity contribution >= 4 is 11.9 Å². The first-order valence-corrected chi connectivity index (χ1v) is 6.14. The topological polar surface area (TPSA) is 72.6 Å². The van der Waals surface area contributed by atoms with E-state index in [1.54, 1.807) is 12.4 Å². The first-order chi connectivity index (χ1) is 8.60. The standard InChI is InChI=1S/C13H18N2O3/c1-18-12(17)13(11(14)16)6-8-15(9-7-13)10-4-2-3-5-10/h6-10H,2-5H2,1H3,(H2,14,16). The molecular weight excluding hydrogens is 232 g/mol. The Morgan fingerprint density at radius 3 is 2.28 bits per heavy atom. The van der Waals surface area contributed by atoms with E-state index in [1.165, 1.54) is 32.1 Å². The van der Waals surface area contributed by atoms with Gasteiger partial charge in [0.25, 0.3) is 0 Å². The van der Waals surface area contributed by atoms with E-state index in [-0.39, 0.29) is 0 Å². The van der Waals surface area contributed by atoms with Gasteiger partial charge in [-0.1, -0.05) is 12.8 Å². The third-order valence-electron chi connectivity index (χ3n) is 3.70.